The average Bonchev–Trinajstić information content (AvgIpc) is 3.39. The summed E-state index contributed by atoms with van der Waals surface area (Å²) in [7, 11) is 0. The maximum Gasteiger partial charge on any atom is 0.254 e. The Labute approximate surface area is 170 Å². The van der Waals surface area contributed by atoms with Crippen molar-refractivity contribution in [3.63, 3.8) is 0 Å². The number of hydrogen-bond acceptors (Lipinski definition) is 6. The van der Waals surface area contributed by atoms with Crippen molar-refractivity contribution >= 4 is 17.2 Å². The van der Waals surface area contributed by atoms with E-state index in [2.05, 4.69) is 15.0 Å². The number of hydrogen-bond donors (Lipinski definition) is 0. The SMILES string of the molecule is O=C(c1cc(F)cc(F)c1)N1CCN(CCCc2nc(-c3cccs3)no2)CC1. The monoisotopic (exact) mass is 418 g/mol. The second-order valence-electron chi connectivity index (χ2n) is 6.88. The molecular formula is C20H20F2N4O2S. The minimum absolute atomic E-state index is 0.0499. The topological polar surface area (TPSA) is 62.5 Å². The molecule has 9 heteroatoms. The summed E-state index contributed by atoms with van der Waals surface area (Å²) < 4.78 is 32.0. The van der Waals surface area contributed by atoms with Gasteiger partial charge in [-0.3, -0.25) is 9.69 Å². The number of rotatable bonds is 6. The molecule has 1 fully saturated rings. The summed E-state index contributed by atoms with van der Waals surface area (Å²) in [6.07, 6.45) is 1.56. The molecule has 0 aliphatic carbocycles. The zero-order valence-electron chi connectivity index (χ0n) is 15.7. The van der Waals surface area contributed by atoms with Crippen molar-refractivity contribution in [2.24, 2.45) is 0 Å². The van der Waals surface area contributed by atoms with Gasteiger partial charge in [0, 0.05) is 44.2 Å². The molecule has 0 unspecified atom stereocenters. The summed E-state index contributed by atoms with van der Waals surface area (Å²) in [4.78, 5) is 21.8. The number of aromatic nitrogens is 2. The fraction of sp³-hybridized carbons (Fsp3) is 0.350. The van der Waals surface area contributed by atoms with Gasteiger partial charge >= 0.3 is 0 Å². The number of benzene rings is 1. The maximum atomic E-state index is 13.3. The van der Waals surface area contributed by atoms with Crippen molar-refractivity contribution in [3.05, 3.63) is 58.8 Å². The molecule has 1 amide bonds. The first-order valence-electron chi connectivity index (χ1n) is 9.43. The second kappa shape index (κ2) is 8.79. The highest BCUT2D eigenvalue weighted by atomic mass is 32.1. The van der Waals surface area contributed by atoms with Gasteiger partial charge in [-0.25, -0.2) is 8.78 Å². The van der Waals surface area contributed by atoms with Crippen LogP contribution in [0.2, 0.25) is 0 Å². The van der Waals surface area contributed by atoms with Gasteiger partial charge in [0.15, 0.2) is 0 Å². The van der Waals surface area contributed by atoms with Crippen molar-refractivity contribution in [2.75, 3.05) is 32.7 Å². The zero-order chi connectivity index (χ0) is 20.2. The van der Waals surface area contributed by atoms with Gasteiger partial charge in [-0.2, -0.15) is 4.98 Å². The van der Waals surface area contributed by atoms with E-state index in [-0.39, 0.29) is 11.5 Å². The molecule has 4 rings (SSSR count). The molecule has 1 aliphatic rings. The quantitative estimate of drug-likeness (QED) is 0.614. The van der Waals surface area contributed by atoms with Crippen molar-refractivity contribution in [3.8, 4) is 10.7 Å². The normalized spacial score (nSPS) is 15.0. The largest absolute Gasteiger partial charge is 0.339 e. The first-order valence-corrected chi connectivity index (χ1v) is 10.3. The van der Waals surface area contributed by atoms with Gasteiger partial charge in [0.1, 0.15) is 11.6 Å². The first-order chi connectivity index (χ1) is 14.1. The molecule has 0 bridgehead atoms. The van der Waals surface area contributed by atoms with Crippen LogP contribution in [-0.4, -0.2) is 58.6 Å². The lowest BCUT2D eigenvalue weighted by atomic mass is 10.1. The predicted octanol–water partition coefficient (Wildman–Crippen LogP) is 3.47. The molecule has 152 valence electrons. The minimum Gasteiger partial charge on any atom is -0.339 e. The van der Waals surface area contributed by atoms with Crippen molar-refractivity contribution in [1.29, 1.82) is 0 Å². The third-order valence-corrected chi connectivity index (χ3v) is 5.71. The van der Waals surface area contributed by atoms with E-state index in [1.54, 1.807) is 16.2 Å². The summed E-state index contributed by atoms with van der Waals surface area (Å²) in [5.74, 6) is -0.577. The van der Waals surface area contributed by atoms with Crippen molar-refractivity contribution in [2.45, 2.75) is 12.8 Å². The minimum atomic E-state index is -0.741. The summed E-state index contributed by atoms with van der Waals surface area (Å²) in [5, 5.41) is 5.98. The lowest BCUT2D eigenvalue weighted by Gasteiger charge is -2.34. The molecule has 1 saturated heterocycles. The molecule has 1 aromatic carbocycles. The summed E-state index contributed by atoms with van der Waals surface area (Å²) in [5.41, 5.74) is 0.0499. The molecule has 0 radical (unpaired) electrons. The third-order valence-electron chi connectivity index (χ3n) is 4.84. The van der Waals surface area contributed by atoms with Crippen LogP contribution >= 0.6 is 11.3 Å². The lowest BCUT2D eigenvalue weighted by molar-refractivity contribution is 0.0634. The summed E-state index contributed by atoms with van der Waals surface area (Å²) in [6, 6.07) is 6.82. The number of piperazine rings is 1. The van der Waals surface area contributed by atoms with Crippen LogP contribution in [0, 0.1) is 11.6 Å². The number of amides is 1. The maximum absolute atomic E-state index is 13.3. The number of thiophene rings is 1. The van der Waals surface area contributed by atoms with E-state index in [9.17, 15) is 13.6 Å². The van der Waals surface area contributed by atoms with E-state index in [0.717, 1.165) is 36.0 Å². The Balaban J connectivity index is 1.22. The van der Waals surface area contributed by atoms with Crippen molar-refractivity contribution in [1.82, 2.24) is 19.9 Å². The van der Waals surface area contributed by atoms with E-state index in [1.165, 1.54) is 0 Å². The van der Waals surface area contributed by atoms with Gasteiger partial charge in [-0.15, -0.1) is 11.3 Å². The van der Waals surface area contributed by atoms with Crippen LogP contribution in [0.1, 0.15) is 22.7 Å². The number of nitrogens with zero attached hydrogens (tertiary/aromatic N) is 4. The Hall–Kier alpha value is -2.65. The van der Waals surface area contributed by atoms with E-state index in [0.29, 0.717) is 44.3 Å². The molecule has 1 aliphatic heterocycles. The van der Waals surface area contributed by atoms with Crippen LogP contribution in [0.5, 0.6) is 0 Å². The zero-order valence-corrected chi connectivity index (χ0v) is 16.5. The summed E-state index contributed by atoms with van der Waals surface area (Å²) in [6.45, 7) is 3.34. The van der Waals surface area contributed by atoms with Gasteiger partial charge in [0.25, 0.3) is 5.91 Å². The molecule has 3 aromatic rings. The van der Waals surface area contributed by atoms with Crippen LogP contribution in [0.15, 0.2) is 40.2 Å². The van der Waals surface area contributed by atoms with Crippen LogP contribution in [-0.2, 0) is 6.42 Å². The Morgan fingerprint density at radius 1 is 1.14 bits per heavy atom. The van der Waals surface area contributed by atoms with Crippen LogP contribution < -0.4 is 0 Å². The third kappa shape index (κ3) is 4.86. The highest BCUT2D eigenvalue weighted by Gasteiger charge is 2.23. The molecule has 2 aromatic heterocycles. The number of halogens is 2. The molecule has 6 nitrogen and oxygen atoms in total. The highest BCUT2D eigenvalue weighted by Crippen LogP contribution is 2.21. The Kier molecular flexibility index (Phi) is 5.96. The van der Waals surface area contributed by atoms with E-state index in [4.69, 9.17) is 4.52 Å². The van der Waals surface area contributed by atoms with E-state index >= 15 is 0 Å². The fourth-order valence-electron chi connectivity index (χ4n) is 3.35. The first kappa shape index (κ1) is 19.7. The number of carbonyl (C=O) groups is 1. The van der Waals surface area contributed by atoms with E-state index in [1.807, 2.05) is 17.5 Å². The molecule has 0 spiro atoms. The number of aryl methyl sites for hydroxylation is 1. The van der Waals surface area contributed by atoms with Crippen LogP contribution in [0.4, 0.5) is 8.78 Å². The average molecular weight is 418 g/mol. The fourth-order valence-corrected chi connectivity index (χ4v) is 4.00. The smallest absolute Gasteiger partial charge is 0.254 e. The van der Waals surface area contributed by atoms with Gasteiger partial charge in [-0.05, 0) is 36.5 Å². The molecule has 29 heavy (non-hydrogen) atoms. The molecular weight excluding hydrogens is 398 g/mol. The lowest BCUT2D eigenvalue weighted by Crippen LogP contribution is -2.48. The van der Waals surface area contributed by atoms with Crippen molar-refractivity contribution < 1.29 is 18.1 Å². The Morgan fingerprint density at radius 3 is 2.59 bits per heavy atom. The van der Waals surface area contributed by atoms with Crippen LogP contribution in [0.3, 0.4) is 0 Å². The van der Waals surface area contributed by atoms with Gasteiger partial charge in [0.2, 0.25) is 11.7 Å². The van der Waals surface area contributed by atoms with E-state index < -0.39 is 11.6 Å². The van der Waals surface area contributed by atoms with Crippen LogP contribution in [0.25, 0.3) is 10.7 Å². The Morgan fingerprint density at radius 2 is 1.90 bits per heavy atom. The van der Waals surface area contributed by atoms with Gasteiger partial charge in [-0.1, -0.05) is 11.2 Å². The predicted molar refractivity (Wildman–Crippen MR) is 105 cm³/mol. The Bertz CT molecular complexity index is 949. The van der Waals surface area contributed by atoms with Gasteiger partial charge < -0.3 is 9.42 Å². The molecule has 0 saturated carbocycles. The van der Waals surface area contributed by atoms with Gasteiger partial charge in [0.05, 0.1) is 4.88 Å². The second-order valence-corrected chi connectivity index (χ2v) is 7.83. The standard InChI is InChI=1S/C20H20F2N4O2S/c21-15-11-14(12-16(22)13-15)20(27)26-8-6-25(7-9-26)5-1-4-18-23-19(24-28-18)17-3-2-10-29-17/h2-3,10-13H,1,4-9H2. The number of carbonyl (C=O) groups excluding carboxylic acids is 1. The molecule has 3 heterocycles. The summed E-state index contributed by atoms with van der Waals surface area (Å²) >= 11 is 1.57. The highest BCUT2D eigenvalue weighted by molar-refractivity contribution is 7.13. The molecule has 0 atom stereocenters. The molecule has 0 N–H and O–H groups in total.